The number of fused-ring (bicyclic) bond motifs is 1. The summed E-state index contributed by atoms with van der Waals surface area (Å²) in [7, 11) is 1.64. The molecule has 4 heteroatoms. The quantitative estimate of drug-likeness (QED) is 0.798. The number of hydrogen-bond donors (Lipinski definition) is 2. The van der Waals surface area contributed by atoms with Crippen molar-refractivity contribution in [3.8, 4) is 0 Å². The van der Waals surface area contributed by atoms with Crippen LogP contribution in [0, 0.1) is 6.92 Å². The minimum absolute atomic E-state index is 0.156. The zero-order valence-corrected chi connectivity index (χ0v) is 8.95. The highest BCUT2D eigenvalue weighted by Crippen LogP contribution is 2.19. The number of aromatic amines is 1. The first-order valence-corrected chi connectivity index (χ1v) is 4.94. The van der Waals surface area contributed by atoms with E-state index in [4.69, 9.17) is 10.5 Å². The molecule has 15 heavy (non-hydrogen) atoms. The number of para-hydroxylation sites is 1. The summed E-state index contributed by atoms with van der Waals surface area (Å²) >= 11 is 0. The van der Waals surface area contributed by atoms with E-state index in [9.17, 15) is 0 Å². The molecule has 0 aliphatic carbocycles. The molecule has 0 fully saturated rings. The molecule has 1 atom stereocenters. The van der Waals surface area contributed by atoms with Crippen molar-refractivity contribution in [2.24, 2.45) is 5.73 Å². The van der Waals surface area contributed by atoms with E-state index in [-0.39, 0.29) is 6.10 Å². The summed E-state index contributed by atoms with van der Waals surface area (Å²) in [4.78, 5) is 7.72. The molecule has 4 nitrogen and oxygen atoms in total. The SMILES string of the molecule is COC(CN)c1nc2c(C)cccc2[nH]1. The molecule has 1 unspecified atom stereocenters. The van der Waals surface area contributed by atoms with Crippen molar-refractivity contribution in [2.45, 2.75) is 13.0 Å². The zero-order valence-electron chi connectivity index (χ0n) is 8.95. The van der Waals surface area contributed by atoms with Crippen molar-refractivity contribution in [1.29, 1.82) is 0 Å². The number of nitrogens with zero attached hydrogens (tertiary/aromatic N) is 1. The van der Waals surface area contributed by atoms with Gasteiger partial charge in [-0.15, -0.1) is 0 Å². The lowest BCUT2D eigenvalue weighted by Crippen LogP contribution is -2.15. The highest BCUT2D eigenvalue weighted by molar-refractivity contribution is 5.78. The Labute approximate surface area is 88.5 Å². The van der Waals surface area contributed by atoms with Crippen molar-refractivity contribution in [2.75, 3.05) is 13.7 Å². The Balaban J connectivity index is 2.51. The van der Waals surface area contributed by atoms with Crippen LogP contribution < -0.4 is 5.73 Å². The third-order valence-electron chi connectivity index (χ3n) is 2.54. The van der Waals surface area contributed by atoms with Crippen LogP contribution in [-0.2, 0) is 4.74 Å². The van der Waals surface area contributed by atoms with Crippen molar-refractivity contribution >= 4 is 11.0 Å². The van der Waals surface area contributed by atoms with Gasteiger partial charge in [0.1, 0.15) is 11.9 Å². The van der Waals surface area contributed by atoms with Crippen LogP contribution in [0.1, 0.15) is 17.5 Å². The molecule has 0 radical (unpaired) electrons. The van der Waals surface area contributed by atoms with Gasteiger partial charge >= 0.3 is 0 Å². The van der Waals surface area contributed by atoms with Gasteiger partial charge in [0.05, 0.1) is 11.0 Å². The van der Waals surface area contributed by atoms with E-state index in [0.29, 0.717) is 6.54 Å². The number of rotatable bonds is 3. The average molecular weight is 205 g/mol. The molecule has 1 aromatic heterocycles. The molecule has 1 aromatic carbocycles. The van der Waals surface area contributed by atoms with Gasteiger partial charge in [-0.1, -0.05) is 12.1 Å². The molecule has 0 saturated carbocycles. The summed E-state index contributed by atoms with van der Waals surface area (Å²) in [6.07, 6.45) is -0.156. The van der Waals surface area contributed by atoms with Crippen LogP contribution in [0.25, 0.3) is 11.0 Å². The van der Waals surface area contributed by atoms with Gasteiger partial charge in [-0.05, 0) is 18.6 Å². The normalized spacial score (nSPS) is 13.3. The van der Waals surface area contributed by atoms with Gasteiger partial charge in [0.25, 0.3) is 0 Å². The number of aryl methyl sites for hydroxylation is 1. The predicted molar refractivity (Wildman–Crippen MR) is 59.6 cm³/mol. The van der Waals surface area contributed by atoms with Gasteiger partial charge in [0.2, 0.25) is 0 Å². The molecular formula is C11H15N3O. The topological polar surface area (TPSA) is 63.9 Å². The summed E-state index contributed by atoms with van der Waals surface area (Å²) in [6.45, 7) is 2.46. The lowest BCUT2D eigenvalue weighted by molar-refractivity contribution is 0.104. The van der Waals surface area contributed by atoms with Crippen molar-refractivity contribution in [1.82, 2.24) is 9.97 Å². The first-order valence-electron chi connectivity index (χ1n) is 4.94. The maximum absolute atomic E-state index is 5.59. The number of nitrogens with two attached hydrogens (primary N) is 1. The van der Waals surface area contributed by atoms with Gasteiger partial charge in [0.15, 0.2) is 0 Å². The minimum atomic E-state index is -0.156. The molecule has 2 rings (SSSR count). The van der Waals surface area contributed by atoms with Crippen molar-refractivity contribution in [3.05, 3.63) is 29.6 Å². The van der Waals surface area contributed by atoms with Crippen LogP contribution in [0.2, 0.25) is 0 Å². The van der Waals surface area contributed by atoms with Gasteiger partial charge in [-0.3, -0.25) is 0 Å². The van der Waals surface area contributed by atoms with E-state index in [1.165, 1.54) is 0 Å². The number of methoxy groups -OCH3 is 1. The molecule has 0 saturated heterocycles. The minimum Gasteiger partial charge on any atom is -0.372 e. The first kappa shape index (κ1) is 10.1. The Morgan fingerprint density at radius 1 is 1.53 bits per heavy atom. The fourth-order valence-corrected chi connectivity index (χ4v) is 1.67. The number of aromatic nitrogens is 2. The Hall–Kier alpha value is -1.39. The Morgan fingerprint density at radius 3 is 2.93 bits per heavy atom. The molecular weight excluding hydrogens is 190 g/mol. The van der Waals surface area contributed by atoms with Crippen LogP contribution in [0.4, 0.5) is 0 Å². The smallest absolute Gasteiger partial charge is 0.137 e. The summed E-state index contributed by atoms with van der Waals surface area (Å²) in [5.41, 5.74) is 8.76. The second kappa shape index (κ2) is 4.00. The summed E-state index contributed by atoms with van der Waals surface area (Å²) in [5, 5.41) is 0. The number of hydrogen-bond acceptors (Lipinski definition) is 3. The molecule has 2 aromatic rings. The van der Waals surface area contributed by atoms with Crippen LogP contribution in [0.15, 0.2) is 18.2 Å². The fourth-order valence-electron chi connectivity index (χ4n) is 1.67. The third-order valence-corrected chi connectivity index (χ3v) is 2.54. The largest absolute Gasteiger partial charge is 0.372 e. The maximum atomic E-state index is 5.59. The zero-order chi connectivity index (χ0) is 10.8. The molecule has 0 spiro atoms. The molecule has 0 aliphatic rings. The summed E-state index contributed by atoms with van der Waals surface area (Å²) in [5.74, 6) is 0.796. The molecule has 0 bridgehead atoms. The number of H-pyrrole nitrogens is 1. The van der Waals surface area contributed by atoms with E-state index < -0.39 is 0 Å². The second-order valence-electron chi connectivity index (χ2n) is 3.55. The third kappa shape index (κ3) is 1.73. The Morgan fingerprint density at radius 2 is 2.33 bits per heavy atom. The van der Waals surface area contributed by atoms with E-state index in [0.717, 1.165) is 22.4 Å². The van der Waals surface area contributed by atoms with Crippen molar-refractivity contribution < 1.29 is 4.74 Å². The van der Waals surface area contributed by atoms with Crippen LogP contribution in [-0.4, -0.2) is 23.6 Å². The van der Waals surface area contributed by atoms with E-state index in [2.05, 4.69) is 9.97 Å². The lowest BCUT2D eigenvalue weighted by atomic mass is 10.2. The maximum Gasteiger partial charge on any atom is 0.137 e. The number of nitrogens with one attached hydrogen (secondary N) is 1. The molecule has 1 heterocycles. The molecule has 0 aliphatic heterocycles. The van der Waals surface area contributed by atoms with E-state index in [1.54, 1.807) is 7.11 Å². The highest BCUT2D eigenvalue weighted by Gasteiger charge is 2.13. The molecule has 3 N–H and O–H groups in total. The number of benzene rings is 1. The lowest BCUT2D eigenvalue weighted by Gasteiger charge is -2.08. The number of imidazole rings is 1. The van der Waals surface area contributed by atoms with Crippen LogP contribution in [0.5, 0.6) is 0 Å². The fraction of sp³-hybridized carbons (Fsp3) is 0.364. The van der Waals surface area contributed by atoms with Gasteiger partial charge in [-0.2, -0.15) is 0 Å². The molecule has 80 valence electrons. The highest BCUT2D eigenvalue weighted by atomic mass is 16.5. The summed E-state index contributed by atoms with van der Waals surface area (Å²) < 4.78 is 5.24. The summed E-state index contributed by atoms with van der Waals surface area (Å²) in [6, 6.07) is 6.04. The van der Waals surface area contributed by atoms with Crippen LogP contribution >= 0.6 is 0 Å². The standard InChI is InChI=1S/C11H15N3O/c1-7-4-3-5-8-10(7)14-11(13-8)9(6-12)15-2/h3-5,9H,6,12H2,1-2H3,(H,13,14). The van der Waals surface area contributed by atoms with Crippen molar-refractivity contribution in [3.63, 3.8) is 0 Å². The van der Waals surface area contributed by atoms with Gasteiger partial charge in [0, 0.05) is 13.7 Å². The number of ether oxygens (including phenoxy) is 1. The average Bonchev–Trinajstić information content (AvgIpc) is 2.65. The van der Waals surface area contributed by atoms with E-state index in [1.807, 2.05) is 25.1 Å². The first-order chi connectivity index (χ1) is 7.26. The monoisotopic (exact) mass is 205 g/mol. The van der Waals surface area contributed by atoms with Crippen LogP contribution in [0.3, 0.4) is 0 Å². The molecule has 0 amide bonds. The Kier molecular flexibility index (Phi) is 2.70. The van der Waals surface area contributed by atoms with Gasteiger partial charge < -0.3 is 15.5 Å². The Bertz CT molecular complexity index is 460. The predicted octanol–water partition coefficient (Wildman–Crippen LogP) is 1.52. The second-order valence-corrected chi connectivity index (χ2v) is 3.55. The van der Waals surface area contributed by atoms with E-state index >= 15 is 0 Å². The van der Waals surface area contributed by atoms with Gasteiger partial charge in [-0.25, -0.2) is 4.98 Å².